The molecule has 0 aliphatic carbocycles. The van der Waals surface area contributed by atoms with E-state index in [1.165, 1.54) is 19.4 Å². The van der Waals surface area contributed by atoms with Crippen molar-refractivity contribution in [1.82, 2.24) is 4.98 Å². The van der Waals surface area contributed by atoms with E-state index in [0.717, 1.165) is 0 Å². The number of aromatic nitrogens is 1. The van der Waals surface area contributed by atoms with Crippen molar-refractivity contribution in [1.29, 1.82) is 0 Å². The molecule has 8 heteroatoms. The first-order valence-corrected chi connectivity index (χ1v) is 7.84. The Morgan fingerprint density at radius 1 is 1.38 bits per heavy atom. The SMILES string of the molecule is COc1ccc(CN)cc1S(=O)(=O)Nc1ncccc1Cl. The smallest absolute Gasteiger partial charge is 0.266 e. The van der Waals surface area contributed by atoms with Crippen LogP contribution in [0, 0.1) is 0 Å². The Hall–Kier alpha value is -1.83. The summed E-state index contributed by atoms with van der Waals surface area (Å²) in [6.45, 7) is 0.219. The molecule has 2 rings (SSSR count). The van der Waals surface area contributed by atoms with Crippen LogP contribution in [0.4, 0.5) is 5.82 Å². The molecule has 112 valence electrons. The van der Waals surface area contributed by atoms with E-state index in [4.69, 9.17) is 22.1 Å². The molecular formula is C13H14ClN3O3S. The molecule has 2 aromatic rings. The molecule has 0 aliphatic heterocycles. The van der Waals surface area contributed by atoms with Crippen LogP contribution in [0.1, 0.15) is 5.56 Å². The molecule has 6 nitrogen and oxygen atoms in total. The molecule has 0 bridgehead atoms. The fraction of sp³-hybridized carbons (Fsp3) is 0.154. The molecule has 0 radical (unpaired) electrons. The van der Waals surface area contributed by atoms with Gasteiger partial charge in [-0.25, -0.2) is 13.4 Å². The quantitative estimate of drug-likeness (QED) is 0.876. The van der Waals surface area contributed by atoms with E-state index in [2.05, 4.69) is 9.71 Å². The highest BCUT2D eigenvalue weighted by atomic mass is 35.5. The summed E-state index contributed by atoms with van der Waals surface area (Å²) in [5.74, 6) is 0.270. The molecule has 0 fully saturated rings. The van der Waals surface area contributed by atoms with Gasteiger partial charge in [0.05, 0.1) is 12.1 Å². The van der Waals surface area contributed by atoms with Gasteiger partial charge in [-0.15, -0.1) is 0 Å². The Kier molecular flexibility index (Phi) is 4.66. The largest absolute Gasteiger partial charge is 0.495 e. The van der Waals surface area contributed by atoms with E-state index in [1.54, 1.807) is 24.3 Å². The maximum Gasteiger partial charge on any atom is 0.266 e. The summed E-state index contributed by atoms with van der Waals surface area (Å²) in [5, 5.41) is 0.204. The summed E-state index contributed by atoms with van der Waals surface area (Å²) in [6.07, 6.45) is 1.44. The van der Waals surface area contributed by atoms with E-state index in [9.17, 15) is 8.42 Å². The van der Waals surface area contributed by atoms with Crippen LogP contribution in [0.2, 0.25) is 5.02 Å². The van der Waals surface area contributed by atoms with Crippen molar-refractivity contribution in [3.05, 3.63) is 47.1 Å². The Labute approximate surface area is 128 Å². The van der Waals surface area contributed by atoms with Crippen molar-refractivity contribution in [3.8, 4) is 5.75 Å². The topological polar surface area (TPSA) is 94.3 Å². The first-order chi connectivity index (χ1) is 9.97. The van der Waals surface area contributed by atoms with Crippen molar-refractivity contribution in [3.63, 3.8) is 0 Å². The average Bonchev–Trinajstić information content (AvgIpc) is 2.48. The number of pyridine rings is 1. The van der Waals surface area contributed by atoms with Gasteiger partial charge < -0.3 is 10.5 Å². The third-order valence-electron chi connectivity index (χ3n) is 2.74. The number of benzene rings is 1. The number of ether oxygens (including phenoxy) is 1. The highest BCUT2D eigenvalue weighted by Crippen LogP contribution is 2.28. The normalized spacial score (nSPS) is 11.2. The summed E-state index contributed by atoms with van der Waals surface area (Å²) in [4.78, 5) is 3.88. The first-order valence-electron chi connectivity index (χ1n) is 5.98. The molecule has 0 atom stereocenters. The minimum absolute atomic E-state index is 0.0188. The number of nitrogens with zero attached hydrogens (tertiary/aromatic N) is 1. The van der Waals surface area contributed by atoms with Gasteiger partial charge in [0, 0.05) is 12.7 Å². The molecular weight excluding hydrogens is 314 g/mol. The summed E-state index contributed by atoms with van der Waals surface area (Å²) in [7, 11) is -2.50. The van der Waals surface area contributed by atoms with Gasteiger partial charge in [0.15, 0.2) is 5.82 Å². The third-order valence-corrected chi connectivity index (χ3v) is 4.41. The first kappa shape index (κ1) is 15.6. The maximum atomic E-state index is 12.5. The van der Waals surface area contributed by atoms with E-state index < -0.39 is 10.0 Å². The van der Waals surface area contributed by atoms with Crippen LogP contribution >= 0.6 is 11.6 Å². The van der Waals surface area contributed by atoms with Gasteiger partial charge in [-0.2, -0.15) is 0 Å². The lowest BCUT2D eigenvalue weighted by atomic mass is 10.2. The number of halogens is 1. The van der Waals surface area contributed by atoms with Crippen LogP contribution < -0.4 is 15.2 Å². The summed E-state index contributed by atoms with van der Waals surface area (Å²) in [6, 6.07) is 7.86. The van der Waals surface area contributed by atoms with Crippen molar-refractivity contribution in [2.24, 2.45) is 5.73 Å². The standard InChI is InChI=1S/C13H14ClN3O3S/c1-20-11-5-4-9(8-15)7-12(11)21(18,19)17-13-10(14)3-2-6-16-13/h2-7H,8,15H2,1H3,(H,16,17). The van der Waals surface area contributed by atoms with Gasteiger partial charge in [-0.05, 0) is 29.8 Å². The van der Waals surface area contributed by atoms with Gasteiger partial charge in [0.1, 0.15) is 10.6 Å². The molecule has 0 saturated carbocycles. The number of nitrogens with one attached hydrogen (secondary N) is 1. The van der Waals surface area contributed by atoms with E-state index in [1.807, 2.05) is 0 Å². The summed E-state index contributed by atoms with van der Waals surface area (Å²) < 4.78 is 32.4. The predicted octanol–water partition coefficient (Wildman–Crippen LogP) is 2.00. The fourth-order valence-electron chi connectivity index (χ4n) is 1.70. The van der Waals surface area contributed by atoms with Crippen LogP contribution in [-0.2, 0) is 16.6 Å². The number of hydrogen-bond donors (Lipinski definition) is 2. The molecule has 0 unspecified atom stereocenters. The monoisotopic (exact) mass is 327 g/mol. The lowest BCUT2D eigenvalue weighted by molar-refractivity contribution is 0.402. The predicted molar refractivity (Wildman–Crippen MR) is 80.9 cm³/mol. The van der Waals surface area contributed by atoms with Crippen LogP contribution in [0.15, 0.2) is 41.4 Å². The zero-order valence-corrected chi connectivity index (χ0v) is 12.8. The number of hydrogen-bond acceptors (Lipinski definition) is 5. The highest BCUT2D eigenvalue weighted by molar-refractivity contribution is 7.92. The maximum absolute atomic E-state index is 12.5. The molecule has 1 aromatic carbocycles. The molecule has 0 saturated heterocycles. The Morgan fingerprint density at radius 3 is 2.76 bits per heavy atom. The Balaban J connectivity index is 2.46. The third kappa shape index (κ3) is 3.44. The van der Waals surface area contributed by atoms with Crippen molar-refractivity contribution in [2.45, 2.75) is 11.4 Å². The second kappa shape index (κ2) is 6.30. The second-order valence-corrected chi connectivity index (χ2v) is 6.19. The molecule has 1 heterocycles. The lowest BCUT2D eigenvalue weighted by Gasteiger charge is -2.12. The van der Waals surface area contributed by atoms with E-state index in [0.29, 0.717) is 5.56 Å². The highest BCUT2D eigenvalue weighted by Gasteiger charge is 2.21. The Bertz CT molecular complexity index is 750. The van der Waals surface area contributed by atoms with Gasteiger partial charge in [0.25, 0.3) is 10.0 Å². The lowest BCUT2D eigenvalue weighted by Crippen LogP contribution is -2.16. The Morgan fingerprint density at radius 2 is 2.14 bits per heavy atom. The number of rotatable bonds is 5. The summed E-state index contributed by atoms with van der Waals surface area (Å²) in [5.41, 5.74) is 6.21. The van der Waals surface area contributed by atoms with Crippen molar-refractivity contribution < 1.29 is 13.2 Å². The van der Waals surface area contributed by atoms with Gasteiger partial charge >= 0.3 is 0 Å². The minimum atomic E-state index is -3.89. The fourth-order valence-corrected chi connectivity index (χ4v) is 3.18. The molecule has 0 spiro atoms. The molecule has 1 aromatic heterocycles. The molecule has 21 heavy (non-hydrogen) atoms. The number of anilines is 1. The number of sulfonamides is 1. The van der Waals surface area contributed by atoms with Gasteiger partial charge in [0.2, 0.25) is 0 Å². The van der Waals surface area contributed by atoms with Crippen molar-refractivity contribution in [2.75, 3.05) is 11.8 Å². The zero-order chi connectivity index (χ0) is 15.5. The van der Waals surface area contributed by atoms with E-state index in [-0.39, 0.29) is 28.0 Å². The average molecular weight is 328 g/mol. The number of nitrogens with two attached hydrogens (primary N) is 1. The van der Waals surface area contributed by atoms with Crippen LogP contribution in [0.3, 0.4) is 0 Å². The summed E-state index contributed by atoms with van der Waals surface area (Å²) >= 11 is 5.91. The van der Waals surface area contributed by atoms with Gasteiger partial charge in [-0.1, -0.05) is 17.7 Å². The van der Waals surface area contributed by atoms with Gasteiger partial charge in [-0.3, -0.25) is 4.72 Å². The van der Waals surface area contributed by atoms with E-state index >= 15 is 0 Å². The van der Waals surface area contributed by atoms with Crippen LogP contribution in [-0.4, -0.2) is 20.5 Å². The second-order valence-electron chi connectivity index (χ2n) is 4.13. The molecule has 0 aliphatic rings. The molecule has 0 amide bonds. The van der Waals surface area contributed by atoms with Crippen molar-refractivity contribution >= 4 is 27.4 Å². The number of methoxy groups -OCH3 is 1. The van der Waals surface area contributed by atoms with Crippen LogP contribution in [0.5, 0.6) is 5.75 Å². The molecule has 3 N–H and O–H groups in total. The zero-order valence-electron chi connectivity index (χ0n) is 11.2. The van der Waals surface area contributed by atoms with Crippen LogP contribution in [0.25, 0.3) is 0 Å². The minimum Gasteiger partial charge on any atom is -0.495 e.